The molecule has 0 bridgehead atoms. The van der Waals surface area contributed by atoms with Crippen molar-refractivity contribution in [3.05, 3.63) is 70.0 Å². The van der Waals surface area contributed by atoms with Crippen LogP contribution in [0.5, 0.6) is 0 Å². The molecule has 0 spiro atoms. The van der Waals surface area contributed by atoms with E-state index in [1.165, 1.54) is 48.2 Å². The van der Waals surface area contributed by atoms with Crippen molar-refractivity contribution in [1.82, 2.24) is 14.8 Å². The highest BCUT2D eigenvalue weighted by Crippen LogP contribution is 2.26. The number of rotatable bonds is 7. The van der Waals surface area contributed by atoms with E-state index >= 15 is 0 Å². The molecule has 7 nitrogen and oxygen atoms in total. The molecule has 27 heavy (non-hydrogen) atoms. The van der Waals surface area contributed by atoms with E-state index in [1.54, 1.807) is 16.7 Å². The third kappa shape index (κ3) is 4.20. The van der Waals surface area contributed by atoms with Gasteiger partial charge in [-0.1, -0.05) is 23.9 Å². The Morgan fingerprint density at radius 3 is 2.63 bits per heavy atom. The van der Waals surface area contributed by atoms with E-state index in [0.717, 1.165) is 0 Å². The summed E-state index contributed by atoms with van der Waals surface area (Å²) in [5, 5.41) is 19.8. The van der Waals surface area contributed by atoms with Crippen molar-refractivity contribution in [3.63, 3.8) is 0 Å². The normalized spacial score (nSPS) is 10.7. The lowest BCUT2D eigenvalue weighted by molar-refractivity contribution is -0.384. The van der Waals surface area contributed by atoms with E-state index in [1.807, 2.05) is 6.92 Å². The summed E-state index contributed by atoms with van der Waals surface area (Å²) in [4.78, 5) is 22.8. The van der Waals surface area contributed by atoms with Gasteiger partial charge < -0.3 is 4.57 Å². The van der Waals surface area contributed by atoms with Gasteiger partial charge >= 0.3 is 0 Å². The van der Waals surface area contributed by atoms with Gasteiger partial charge in [0.1, 0.15) is 5.82 Å². The van der Waals surface area contributed by atoms with Crippen LogP contribution in [-0.2, 0) is 6.54 Å². The summed E-state index contributed by atoms with van der Waals surface area (Å²) in [7, 11) is 0. The molecule has 0 atom stereocenters. The summed E-state index contributed by atoms with van der Waals surface area (Å²) >= 11 is 1.22. The van der Waals surface area contributed by atoms with Crippen LogP contribution in [0.4, 0.5) is 10.1 Å². The zero-order chi connectivity index (χ0) is 19.4. The maximum absolute atomic E-state index is 13.0. The van der Waals surface area contributed by atoms with Gasteiger partial charge in [0.15, 0.2) is 16.8 Å². The second-order valence-corrected chi connectivity index (χ2v) is 6.52. The van der Waals surface area contributed by atoms with Crippen molar-refractivity contribution in [2.24, 2.45) is 0 Å². The van der Waals surface area contributed by atoms with Crippen LogP contribution in [0, 0.1) is 15.9 Å². The summed E-state index contributed by atoms with van der Waals surface area (Å²) < 4.78 is 14.8. The monoisotopic (exact) mass is 386 g/mol. The van der Waals surface area contributed by atoms with Gasteiger partial charge in [0.05, 0.1) is 10.7 Å². The molecule has 0 aliphatic heterocycles. The van der Waals surface area contributed by atoms with E-state index in [-0.39, 0.29) is 17.2 Å². The molecule has 2 aromatic carbocycles. The largest absolute Gasteiger partial charge is 0.302 e. The molecular weight excluding hydrogens is 371 g/mol. The lowest BCUT2D eigenvalue weighted by atomic mass is 10.1. The molecule has 0 fully saturated rings. The molecule has 1 aromatic heterocycles. The van der Waals surface area contributed by atoms with Gasteiger partial charge in [-0.25, -0.2) is 4.39 Å². The number of benzene rings is 2. The Hall–Kier alpha value is -3.07. The summed E-state index contributed by atoms with van der Waals surface area (Å²) in [6.45, 7) is 2.44. The van der Waals surface area contributed by atoms with Gasteiger partial charge in [0.25, 0.3) is 5.69 Å². The van der Waals surface area contributed by atoms with Crippen LogP contribution in [0.15, 0.2) is 53.7 Å². The first kappa shape index (κ1) is 18.7. The fourth-order valence-electron chi connectivity index (χ4n) is 2.50. The molecule has 3 rings (SSSR count). The van der Waals surface area contributed by atoms with Crippen LogP contribution in [0.3, 0.4) is 0 Å². The van der Waals surface area contributed by atoms with Crippen molar-refractivity contribution in [1.29, 1.82) is 0 Å². The SMILES string of the molecule is CCn1c(SCC(=O)c2ccc(F)cc2)nnc1-c1cccc([N+](=O)[O-])c1. The van der Waals surface area contributed by atoms with E-state index in [0.29, 0.717) is 28.7 Å². The molecule has 0 amide bonds. The van der Waals surface area contributed by atoms with Crippen LogP contribution in [0.2, 0.25) is 0 Å². The van der Waals surface area contributed by atoms with Crippen LogP contribution in [0.25, 0.3) is 11.4 Å². The molecule has 0 saturated carbocycles. The first-order valence-electron chi connectivity index (χ1n) is 8.09. The van der Waals surface area contributed by atoms with Gasteiger partial charge in [-0.3, -0.25) is 14.9 Å². The summed E-state index contributed by atoms with van der Waals surface area (Å²) in [6.07, 6.45) is 0. The molecule has 0 aliphatic rings. The maximum Gasteiger partial charge on any atom is 0.270 e. The Labute approximate surface area is 158 Å². The molecule has 9 heteroatoms. The highest BCUT2D eigenvalue weighted by atomic mass is 32.2. The van der Waals surface area contributed by atoms with Crippen molar-refractivity contribution in [2.75, 3.05) is 5.75 Å². The number of ketones is 1. The highest BCUT2D eigenvalue weighted by Gasteiger charge is 2.17. The molecule has 3 aromatic rings. The number of nitrogens with zero attached hydrogens (tertiary/aromatic N) is 4. The van der Waals surface area contributed by atoms with E-state index in [2.05, 4.69) is 10.2 Å². The van der Waals surface area contributed by atoms with Crippen LogP contribution in [-0.4, -0.2) is 31.2 Å². The van der Waals surface area contributed by atoms with E-state index in [4.69, 9.17) is 0 Å². The minimum atomic E-state index is -0.465. The Morgan fingerprint density at radius 2 is 1.96 bits per heavy atom. The summed E-state index contributed by atoms with van der Waals surface area (Å²) in [5.41, 5.74) is 0.972. The molecule has 1 heterocycles. The zero-order valence-corrected chi connectivity index (χ0v) is 15.1. The average Bonchev–Trinajstić information content (AvgIpc) is 3.09. The van der Waals surface area contributed by atoms with Crippen molar-refractivity contribution >= 4 is 23.2 Å². The molecule has 0 aliphatic carbocycles. The van der Waals surface area contributed by atoms with Gasteiger partial charge in [-0.05, 0) is 31.2 Å². The third-order valence-electron chi connectivity index (χ3n) is 3.85. The fourth-order valence-corrected chi connectivity index (χ4v) is 3.40. The summed E-state index contributed by atoms with van der Waals surface area (Å²) in [6, 6.07) is 11.5. The summed E-state index contributed by atoms with van der Waals surface area (Å²) in [5.74, 6) is 0.0746. The predicted molar refractivity (Wildman–Crippen MR) is 99.2 cm³/mol. The number of thioether (sulfide) groups is 1. The molecule has 0 saturated heterocycles. The minimum Gasteiger partial charge on any atom is -0.302 e. The Kier molecular flexibility index (Phi) is 5.60. The lowest BCUT2D eigenvalue weighted by Crippen LogP contribution is -2.05. The highest BCUT2D eigenvalue weighted by molar-refractivity contribution is 7.99. The molecule has 0 unspecified atom stereocenters. The number of Topliss-reactive ketones (excluding diaryl/α,β-unsaturated/α-hetero) is 1. The third-order valence-corrected chi connectivity index (χ3v) is 4.81. The van der Waals surface area contributed by atoms with E-state index < -0.39 is 10.7 Å². The number of hydrogen-bond donors (Lipinski definition) is 0. The lowest BCUT2D eigenvalue weighted by Gasteiger charge is -2.07. The van der Waals surface area contributed by atoms with Gasteiger partial charge in [-0.2, -0.15) is 0 Å². The number of carbonyl (C=O) groups is 1. The first-order chi connectivity index (χ1) is 13.0. The Bertz CT molecular complexity index is 989. The van der Waals surface area contributed by atoms with Gasteiger partial charge in [0.2, 0.25) is 0 Å². The minimum absolute atomic E-state index is 0.0288. The Balaban J connectivity index is 1.80. The topological polar surface area (TPSA) is 90.9 Å². The van der Waals surface area contributed by atoms with Crippen LogP contribution in [0.1, 0.15) is 17.3 Å². The quantitative estimate of drug-likeness (QED) is 0.264. The molecule has 0 N–H and O–H groups in total. The number of carbonyl (C=O) groups excluding carboxylic acids is 1. The van der Waals surface area contributed by atoms with Crippen LogP contribution < -0.4 is 0 Å². The first-order valence-corrected chi connectivity index (χ1v) is 9.07. The predicted octanol–water partition coefficient (Wildman–Crippen LogP) is 3.99. The van der Waals surface area contributed by atoms with Crippen molar-refractivity contribution in [2.45, 2.75) is 18.6 Å². The fraction of sp³-hybridized carbons (Fsp3) is 0.167. The van der Waals surface area contributed by atoms with Crippen molar-refractivity contribution < 1.29 is 14.1 Å². The standard InChI is InChI=1S/C18H15FN4O3S/c1-2-22-17(13-4-3-5-15(10-13)23(25)26)20-21-18(22)27-11-16(24)12-6-8-14(19)9-7-12/h3-10H,2,11H2,1H3. The van der Waals surface area contributed by atoms with Gasteiger partial charge in [0, 0.05) is 29.8 Å². The van der Waals surface area contributed by atoms with Crippen molar-refractivity contribution in [3.8, 4) is 11.4 Å². The van der Waals surface area contributed by atoms with Crippen LogP contribution >= 0.6 is 11.8 Å². The Morgan fingerprint density at radius 1 is 1.22 bits per heavy atom. The number of halogens is 1. The number of hydrogen-bond acceptors (Lipinski definition) is 6. The molecule has 0 radical (unpaired) electrons. The number of nitro groups is 1. The maximum atomic E-state index is 13.0. The molecular formula is C18H15FN4O3S. The van der Waals surface area contributed by atoms with E-state index in [9.17, 15) is 19.3 Å². The second-order valence-electron chi connectivity index (χ2n) is 5.58. The average molecular weight is 386 g/mol. The number of non-ortho nitro benzene ring substituents is 1. The number of nitro benzene ring substituents is 1. The smallest absolute Gasteiger partial charge is 0.270 e. The van der Waals surface area contributed by atoms with Gasteiger partial charge in [-0.15, -0.1) is 10.2 Å². The zero-order valence-electron chi connectivity index (χ0n) is 14.3. The molecule has 138 valence electrons. The second kappa shape index (κ2) is 8.09. The number of aromatic nitrogens is 3.